The van der Waals surface area contributed by atoms with Crippen LogP contribution in [-0.4, -0.2) is 16.6 Å². The van der Waals surface area contributed by atoms with E-state index in [0.29, 0.717) is 17.2 Å². The van der Waals surface area contributed by atoms with E-state index in [0.717, 1.165) is 34.8 Å². The lowest BCUT2D eigenvalue weighted by Gasteiger charge is -2.38. The first-order valence-electron chi connectivity index (χ1n) is 7.83. The molecule has 118 valence electrons. The average Bonchev–Trinajstić information content (AvgIpc) is 2.44. The third kappa shape index (κ3) is 3.57. The molecule has 0 radical (unpaired) electrons. The van der Waals surface area contributed by atoms with Crippen LogP contribution in [0.4, 0.5) is 0 Å². The third-order valence-electron chi connectivity index (χ3n) is 4.40. The van der Waals surface area contributed by atoms with Gasteiger partial charge in [0.15, 0.2) is 0 Å². The summed E-state index contributed by atoms with van der Waals surface area (Å²) in [4.78, 5) is 8.16. The molecular formula is C16H25BrN2OS. The van der Waals surface area contributed by atoms with Crippen molar-refractivity contribution in [1.29, 1.82) is 0 Å². The fourth-order valence-electron chi connectivity index (χ4n) is 3.04. The van der Waals surface area contributed by atoms with Gasteiger partial charge in [0.1, 0.15) is 16.1 Å². The molecule has 0 aliphatic heterocycles. The normalized spacial score (nSPS) is 26.3. The molecule has 1 aromatic rings. The van der Waals surface area contributed by atoms with Gasteiger partial charge in [-0.1, -0.05) is 33.0 Å². The topological polar surface area (TPSA) is 37.9 Å². The van der Waals surface area contributed by atoms with E-state index in [1.807, 2.05) is 0 Å². The van der Waals surface area contributed by atoms with E-state index in [2.05, 4.69) is 53.6 Å². The van der Waals surface area contributed by atoms with E-state index >= 15 is 0 Å². The van der Waals surface area contributed by atoms with Crippen LogP contribution in [0, 0.1) is 10.6 Å². The summed E-state index contributed by atoms with van der Waals surface area (Å²) in [5.41, 5.74) is 0.821. The van der Waals surface area contributed by atoms with Crippen LogP contribution in [0.25, 0.3) is 0 Å². The van der Waals surface area contributed by atoms with E-state index in [9.17, 15) is 0 Å². The van der Waals surface area contributed by atoms with E-state index < -0.39 is 0 Å². The molecule has 1 saturated carbocycles. The number of aromatic amines is 1. The van der Waals surface area contributed by atoms with Gasteiger partial charge in [-0.15, -0.1) is 0 Å². The summed E-state index contributed by atoms with van der Waals surface area (Å²) in [7, 11) is 0. The number of hydrogen-bond donors (Lipinski definition) is 1. The molecule has 21 heavy (non-hydrogen) atoms. The number of halogens is 1. The monoisotopic (exact) mass is 372 g/mol. The van der Waals surface area contributed by atoms with Gasteiger partial charge in [0.25, 0.3) is 0 Å². The number of ether oxygens (including phenoxy) is 1. The van der Waals surface area contributed by atoms with Crippen molar-refractivity contribution in [2.24, 2.45) is 5.92 Å². The number of nitrogens with one attached hydrogen (secondary N) is 1. The van der Waals surface area contributed by atoms with E-state index in [1.54, 1.807) is 0 Å². The zero-order valence-corrected chi connectivity index (χ0v) is 15.7. The molecule has 1 aromatic heterocycles. The van der Waals surface area contributed by atoms with Crippen LogP contribution in [0.1, 0.15) is 70.8 Å². The lowest BCUT2D eigenvalue weighted by molar-refractivity contribution is -0.0839. The number of hydrogen-bond acceptors (Lipinski definition) is 3. The molecular weight excluding hydrogens is 348 g/mol. The fraction of sp³-hybridized carbons (Fsp3) is 0.750. The Morgan fingerprint density at radius 2 is 2.05 bits per heavy atom. The maximum atomic E-state index is 6.18. The average molecular weight is 373 g/mol. The molecule has 0 saturated heterocycles. The molecule has 1 heterocycles. The Bertz CT molecular complexity index is 548. The minimum atomic E-state index is -0.292. The molecule has 5 heteroatoms. The van der Waals surface area contributed by atoms with E-state index in [1.165, 1.54) is 12.8 Å². The zero-order valence-electron chi connectivity index (χ0n) is 13.3. The van der Waals surface area contributed by atoms with Crippen molar-refractivity contribution in [1.82, 2.24) is 9.97 Å². The molecule has 1 aliphatic carbocycles. The van der Waals surface area contributed by atoms with Crippen LogP contribution in [0.5, 0.6) is 0 Å². The van der Waals surface area contributed by atoms with Crippen LogP contribution in [0.15, 0.2) is 4.47 Å². The Kier molecular flexibility index (Phi) is 5.60. The molecule has 0 aromatic carbocycles. The predicted octanol–water partition coefficient (Wildman–Crippen LogP) is 5.47. The second-order valence-electron chi connectivity index (χ2n) is 6.38. The molecule has 3 nitrogen and oxygen atoms in total. The number of H-pyrrole nitrogens is 1. The lowest BCUT2D eigenvalue weighted by Crippen LogP contribution is -2.36. The van der Waals surface area contributed by atoms with Gasteiger partial charge in [-0.3, -0.25) is 0 Å². The van der Waals surface area contributed by atoms with Crippen molar-refractivity contribution in [3.8, 4) is 0 Å². The fourth-order valence-corrected chi connectivity index (χ4v) is 3.89. The molecule has 0 atom stereocenters. The standard InChI is InChI=1S/C16H25BrN2OS/c1-5-20-16(8-6-11(4)7-9-16)15-18-13(10(2)3)12(17)14(21)19-15/h10-11H,5-9H2,1-4H3,(H,18,19,21). The predicted molar refractivity (Wildman–Crippen MR) is 92.1 cm³/mol. The highest BCUT2D eigenvalue weighted by Gasteiger charge is 2.39. The van der Waals surface area contributed by atoms with Gasteiger partial charge in [-0.05, 0) is 60.4 Å². The summed E-state index contributed by atoms with van der Waals surface area (Å²) in [6.45, 7) is 9.38. The molecule has 0 amide bonds. The number of nitrogens with zero attached hydrogens (tertiary/aromatic N) is 1. The minimum absolute atomic E-state index is 0.292. The Morgan fingerprint density at radius 1 is 1.43 bits per heavy atom. The molecule has 0 spiro atoms. The van der Waals surface area contributed by atoms with Crippen LogP contribution in [0.2, 0.25) is 0 Å². The van der Waals surface area contributed by atoms with Crippen molar-refractivity contribution >= 4 is 28.1 Å². The largest absolute Gasteiger partial charge is 0.367 e. The van der Waals surface area contributed by atoms with Gasteiger partial charge in [-0.2, -0.15) is 0 Å². The summed E-state index contributed by atoms with van der Waals surface area (Å²) >= 11 is 9.01. The van der Waals surface area contributed by atoms with Gasteiger partial charge in [-0.25, -0.2) is 4.98 Å². The summed E-state index contributed by atoms with van der Waals surface area (Å²) in [6, 6.07) is 0. The van der Waals surface area contributed by atoms with Crippen LogP contribution >= 0.6 is 28.1 Å². The summed E-state index contributed by atoms with van der Waals surface area (Å²) in [5, 5.41) is 0. The SMILES string of the molecule is CCOC1(c2nc(=S)c(Br)c(C(C)C)[nH]2)CCC(C)CC1. The number of aromatic nitrogens is 2. The van der Waals surface area contributed by atoms with Crippen LogP contribution in [0.3, 0.4) is 0 Å². The van der Waals surface area contributed by atoms with E-state index in [4.69, 9.17) is 17.0 Å². The van der Waals surface area contributed by atoms with Gasteiger partial charge in [0, 0.05) is 12.3 Å². The van der Waals surface area contributed by atoms with Gasteiger partial charge < -0.3 is 9.72 Å². The maximum absolute atomic E-state index is 6.18. The van der Waals surface area contributed by atoms with Crippen molar-refractivity contribution in [3.05, 3.63) is 20.6 Å². The number of rotatable bonds is 4. The highest BCUT2D eigenvalue weighted by molar-refractivity contribution is 9.10. The van der Waals surface area contributed by atoms with Crippen molar-refractivity contribution < 1.29 is 4.74 Å². The molecule has 1 N–H and O–H groups in total. The summed E-state index contributed by atoms with van der Waals surface area (Å²) in [5.74, 6) is 2.04. The van der Waals surface area contributed by atoms with Gasteiger partial charge in [0.05, 0.1) is 4.47 Å². The van der Waals surface area contributed by atoms with Crippen molar-refractivity contribution in [3.63, 3.8) is 0 Å². The second kappa shape index (κ2) is 6.88. The third-order valence-corrected chi connectivity index (χ3v) is 5.76. The minimum Gasteiger partial charge on any atom is -0.367 e. The quantitative estimate of drug-likeness (QED) is 0.712. The molecule has 1 fully saturated rings. The highest BCUT2D eigenvalue weighted by atomic mass is 79.9. The summed E-state index contributed by atoms with van der Waals surface area (Å²) < 4.78 is 7.72. The van der Waals surface area contributed by atoms with Gasteiger partial charge >= 0.3 is 0 Å². The van der Waals surface area contributed by atoms with Crippen molar-refractivity contribution in [2.45, 2.75) is 64.9 Å². The Labute approximate surface area is 141 Å². The molecule has 0 bridgehead atoms. The Morgan fingerprint density at radius 3 is 2.57 bits per heavy atom. The molecule has 1 aliphatic rings. The van der Waals surface area contributed by atoms with Gasteiger partial charge in [0.2, 0.25) is 0 Å². The van der Waals surface area contributed by atoms with Crippen molar-refractivity contribution in [2.75, 3.05) is 6.61 Å². The first-order chi connectivity index (χ1) is 9.89. The first-order valence-corrected chi connectivity index (χ1v) is 9.04. The second-order valence-corrected chi connectivity index (χ2v) is 7.56. The first kappa shape index (κ1) is 17.1. The molecule has 0 unspecified atom stereocenters. The Balaban J connectivity index is 2.48. The molecule has 2 rings (SSSR count). The van der Waals surface area contributed by atoms with Crippen LogP contribution in [-0.2, 0) is 10.3 Å². The summed E-state index contributed by atoms with van der Waals surface area (Å²) in [6.07, 6.45) is 4.38. The zero-order chi connectivity index (χ0) is 15.6. The lowest BCUT2D eigenvalue weighted by atomic mass is 9.78. The van der Waals surface area contributed by atoms with E-state index in [-0.39, 0.29) is 5.60 Å². The highest BCUT2D eigenvalue weighted by Crippen LogP contribution is 2.41. The maximum Gasteiger partial charge on any atom is 0.144 e. The Hall–Kier alpha value is -0.260. The van der Waals surface area contributed by atoms with Crippen LogP contribution < -0.4 is 0 Å². The smallest absolute Gasteiger partial charge is 0.144 e.